The minimum absolute atomic E-state index is 0.189. The number of hydrogen-bond donors (Lipinski definition) is 2. The van der Waals surface area contributed by atoms with E-state index in [2.05, 4.69) is 22.1 Å². The van der Waals surface area contributed by atoms with Crippen molar-refractivity contribution >= 4 is 22.4 Å². The van der Waals surface area contributed by atoms with E-state index in [1.807, 2.05) is 13.0 Å². The number of aryl methyl sites for hydroxylation is 1. The number of amides is 1. The molecule has 0 aliphatic rings. The van der Waals surface area contributed by atoms with Crippen molar-refractivity contribution in [3.8, 4) is 11.8 Å². The minimum Gasteiger partial charge on any atom is -0.320 e. The highest BCUT2D eigenvalue weighted by atomic mass is 32.1. The van der Waals surface area contributed by atoms with Gasteiger partial charge in [-0.2, -0.15) is 0 Å². The van der Waals surface area contributed by atoms with Gasteiger partial charge in [-0.15, -0.1) is 11.3 Å². The molecule has 1 amide bonds. The first-order valence-corrected chi connectivity index (χ1v) is 6.53. The normalized spacial score (nSPS) is 9.58. The Hall–Kier alpha value is -2.16. The fourth-order valence-electron chi connectivity index (χ4n) is 1.47. The molecule has 0 atom stereocenters. The largest absolute Gasteiger partial charge is 0.320 e. The van der Waals surface area contributed by atoms with E-state index < -0.39 is 0 Å². The first-order valence-electron chi connectivity index (χ1n) is 5.72. The third-order valence-corrected chi connectivity index (χ3v) is 3.13. The zero-order chi connectivity index (χ0) is 13.7. The summed E-state index contributed by atoms with van der Waals surface area (Å²) in [4.78, 5) is 17.2. The minimum atomic E-state index is -0.189. The lowest BCUT2D eigenvalue weighted by molar-refractivity contribution is 0.102. The smallest absolute Gasteiger partial charge is 0.257 e. The van der Waals surface area contributed by atoms with Crippen molar-refractivity contribution in [1.82, 2.24) is 4.98 Å². The second-order valence-electron chi connectivity index (χ2n) is 3.82. The summed E-state index contributed by atoms with van der Waals surface area (Å²) in [6, 6.07) is 7.11. The molecule has 0 fully saturated rings. The van der Waals surface area contributed by atoms with E-state index in [1.165, 1.54) is 11.3 Å². The molecule has 4 nitrogen and oxygen atoms in total. The van der Waals surface area contributed by atoms with Crippen LogP contribution in [0.15, 0.2) is 30.5 Å². The van der Waals surface area contributed by atoms with Crippen molar-refractivity contribution in [2.75, 3.05) is 11.9 Å². The van der Waals surface area contributed by atoms with Gasteiger partial charge in [-0.1, -0.05) is 17.9 Å². The summed E-state index contributed by atoms with van der Waals surface area (Å²) in [6.45, 7) is 2.24. The molecule has 1 heterocycles. The van der Waals surface area contributed by atoms with Crippen LogP contribution in [-0.2, 0) is 0 Å². The van der Waals surface area contributed by atoms with Gasteiger partial charge in [0.1, 0.15) is 0 Å². The number of thiazole rings is 1. The van der Waals surface area contributed by atoms with Crippen LogP contribution in [0.5, 0.6) is 0 Å². The van der Waals surface area contributed by atoms with Crippen LogP contribution in [0.1, 0.15) is 20.8 Å². The third-order valence-electron chi connectivity index (χ3n) is 2.30. The highest BCUT2D eigenvalue weighted by Crippen LogP contribution is 2.17. The van der Waals surface area contributed by atoms with Crippen LogP contribution in [0.25, 0.3) is 0 Å². The van der Waals surface area contributed by atoms with Crippen molar-refractivity contribution in [2.45, 2.75) is 6.92 Å². The predicted octanol–water partition coefficient (Wildman–Crippen LogP) is 2.01. The van der Waals surface area contributed by atoms with Gasteiger partial charge in [0.2, 0.25) is 0 Å². The maximum Gasteiger partial charge on any atom is 0.257 e. The summed E-state index contributed by atoms with van der Waals surface area (Å²) < 4.78 is 0. The number of nitrogens with two attached hydrogens (primary N) is 1. The lowest BCUT2D eigenvalue weighted by Gasteiger charge is -2.02. The van der Waals surface area contributed by atoms with Crippen LogP contribution in [0.4, 0.5) is 5.13 Å². The Balaban J connectivity index is 2.15. The quantitative estimate of drug-likeness (QED) is 0.821. The molecule has 1 aromatic heterocycles. The van der Waals surface area contributed by atoms with Crippen LogP contribution in [-0.4, -0.2) is 17.4 Å². The lowest BCUT2D eigenvalue weighted by Crippen LogP contribution is -2.11. The van der Waals surface area contributed by atoms with Gasteiger partial charge in [0.05, 0.1) is 6.54 Å². The molecular formula is C14H13N3OS. The van der Waals surface area contributed by atoms with Crippen LogP contribution >= 0.6 is 11.3 Å². The number of anilines is 1. The third kappa shape index (κ3) is 3.65. The van der Waals surface area contributed by atoms with Crippen molar-refractivity contribution < 1.29 is 4.79 Å². The van der Waals surface area contributed by atoms with E-state index in [0.717, 1.165) is 10.4 Å². The molecule has 19 heavy (non-hydrogen) atoms. The topological polar surface area (TPSA) is 68.0 Å². The van der Waals surface area contributed by atoms with E-state index in [-0.39, 0.29) is 5.91 Å². The number of carbonyl (C=O) groups is 1. The predicted molar refractivity (Wildman–Crippen MR) is 77.2 cm³/mol. The maximum atomic E-state index is 12.0. The summed E-state index contributed by atoms with van der Waals surface area (Å²) in [5.41, 5.74) is 6.64. The second kappa shape index (κ2) is 6.14. The molecular weight excluding hydrogens is 258 g/mol. The Labute approximate surface area is 115 Å². The van der Waals surface area contributed by atoms with E-state index in [0.29, 0.717) is 17.2 Å². The number of carbonyl (C=O) groups excluding carboxylic acids is 1. The highest BCUT2D eigenvalue weighted by molar-refractivity contribution is 7.15. The number of aromatic nitrogens is 1. The summed E-state index contributed by atoms with van der Waals surface area (Å²) >= 11 is 1.44. The van der Waals surface area contributed by atoms with Crippen molar-refractivity contribution in [3.63, 3.8) is 0 Å². The first kappa shape index (κ1) is 13.3. The fraction of sp³-hybridized carbons (Fsp3) is 0.143. The van der Waals surface area contributed by atoms with Gasteiger partial charge in [-0.05, 0) is 25.1 Å². The van der Waals surface area contributed by atoms with Crippen LogP contribution < -0.4 is 11.1 Å². The molecule has 96 valence electrons. The van der Waals surface area contributed by atoms with Crippen molar-refractivity contribution in [2.24, 2.45) is 5.73 Å². The summed E-state index contributed by atoms with van der Waals surface area (Å²) in [5.74, 6) is 5.47. The average Bonchev–Trinajstić information content (AvgIpc) is 2.82. The standard InChI is InChI=1S/C14H13N3OS/c1-10-9-16-14(19-10)17-13(18)12-6-2-4-11(8-12)5-3-7-15/h2,4,6,8-9H,7,15H2,1H3,(H,16,17,18). The van der Waals surface area contributed by atoms with Gasteiger partial charge >= 0.3 is 0 Å². The van der Waals surface area contributed by atoms with Crippen LogP contribution in [0, 0.1) is 18.8 Å². The molecule has 2 rings (SSSR count). The van der Waals surface area contributed by atoms with Crippen LogP contribution in [0.2, 0.25) is 0 Å². The summed E-state index contributed by atoms with van der Waals surface area (Å²) in [5, 5.41) is 3.36. The fourth-order valence-corrected chi connectivity index (χ4v) is 2.13. The molecule has 0 aliphatic carbocycles. The van der Waals surface area contributed by atoms with Gasteiger partial charge in [0.15, 0.2) is 5.13 Å². The molecule has 0 aliphatic heterocycles. The molecule has 0 spiro atoms. The molecule has 0 unspecified atom stereocenters. The molecule has 5 heteroatoms. The Morgan fingerprint density at radius 3 is 3.05 bits per heavy atom. The Morgan fingerprint density at radius 1 is 1.53 bits per heavy atom. The molecule has 1 aromatic carbocycles. The maximum absolute atomic E-state index is 12.0. The molecule has 3 N–H and O–H groups in total. The number of nitrogens with one attached hydrogen (secondary N) is 1. The molecule has 0 bridgehead atoms. The lowest BCUT2D eigenvalue weighted by atomic mass is 10.1. The molecule has 0 saturated carbocycles. The Kier molecular flexibility index (Phi) is 4.29. The second-order valence-corrected chi connectivity index (χ2v) is 5.05. The van der Waals surface area contributed by atoms with Crippen LogP contribution in [0.3, 0.4) is 0 Å². The zero-order valence-electron chi connectivity index (χ0n) is 10.4. The monoisotopic (exact) mass is 271 g/mol. The molecule has 0 saturated heterocycles. The van der Waals surface area contributed by atoms with E-state index in [4.69, 9.17) is 5.73 Å². The van der Waals surface area contributed by atoms with E-state index in [9.17, 15) is 4.79 Å². The number of hydrogen-bond acceptors (Lipinski definition) is 4. The molecule has 2 aromatic rings. The zero-order valence-corrected chi connectivity index (χ0v) is 11.3. The number of rotatable bonds is 2. The summed E-state index contributed by atoms with van der Waals surface area (Å²) in [6.07, 6.45) is 1.73. The highest BCUT2D eigenvalue weighted by Gasteiger charge is 2.08. The Bertz CT molecular complexity index is 652. The number of benzene rings is 1. The van der Waals surface area contributed by atoms with Gasteiger partial charge in [-0.3, -0.25) is 10.1 Å². The first-order chi connectivity index (χ1) is 9.19. The average molecular weight is 271 g/mol. The van der Waals surface area contributed by atoms with E-state index >= 15 is 0 Å². The van der Waals surface area contributed by atoms with Gasteiger partial charge < -0.3 is 5.73 Å². The Morgan fingerprint density at radius 2 is 2.37 bits per heavy atom. The van der Waals surface area contributed by atoms with Gasteiger partial charge in [0.25, 0.3) is 5.91 Å². The van der Waals surface area contributed by atoms with Crippen molar-refractivity contribution in [1.29, 1.82) is 0 Å². The summed E-state index contributed by atoms with van der Waals surface area (Å²) in [7, 11) is 0. The molecule has 0 radical (unpaired) electrons. The van der Waals surface area contributed by atoms with Gasteiger partial charge in [0, 0.05) is 22.2 Å². The SMILES string of the molecule is Cc1cnc(NC(=O)c2cccc(C#CCN)c2)s1. The van der Waals surface area contributed by atoms with Gasteiger partial charge in [-0.25, -0.2) is 4.98 Å². The number of nitrogens with zero attached hydrogens (tertiary/aromatic N) is 1. The van der Waals surface area contributed by atoms with Crippen molar-refractivity contribution in [3.05, 3.63) is 46.5 Å². The van der Waals surface area contributed by atoms with E-state index in [1.54, 1.807) is 24.4 Å².